The average molecular weight is 295 g/mol. The van der Waals surface area contributed by atoms with Gasteiger partial charge in [-0.15, -0.1) is 0 Å². The van der Waals surface area contributed by atoms with Crippen LogP contribution in [0.15, 0.2) is 24.3 Å². The molecule has 1 N–H and O–H groups in total. The van der Waals surface area contributed by atoms with Gasteiger partial charge in [0.15, 0.2) is 0 Å². The van der Waals surface area contributed by atoms with Gasteiger partial charge in [0.2, 0.25) is 0 Å². The van der Waals surface area contributed by atoms with Crippen molar-refractivity contribution in [2.75, 3.05) is 0 Å². The van der Waals surface area contributed by atoms with Crippen molar-refractivity contribution in [3.63, 3.8) is 0 Å². The van der Waals surface area contributed by atoms with Gasteiger partial charge in [0.25, 0.3) is 0 Å². The first-order chi connectivity index (χ1) is 9.52. The molecule has 1 aromatic carbocycles. The molecule has 0 aliphatic heterocycles. The summed E-state index contributed by atoms with van der Waals surface area (Å²) >= 11 is 6.17. The van der Waals surface area contributed by atoms with E-state index in [0.29, 0.717) is 18.1 Å². The number of aliphatic hydroxyl groups excluding tert-OH is 1. The monoisotopic (exact) mass is 294 g/mol. The van der Waals surface area contributed by atoms with Crippen molar-refractivity contribution in [3.8, 4) is 5.75 Å². The molecule has 20 heavy (non-hydrogen) atoms. The second-order valence-electron chi connectivity index (χ2n) is 4.75. The van der Waals surface area contributed by atoms with Crippen LogP contribution in [0.4, 0.5) is 0 Å². The van der Waals surface area contributed by atoms with Crippen molar-refractivity contribution in [2.45, 2.75) is 33.0 Å². The summed E-state index contributed by atoms with van der Waals surface area (Å²) in [6, 6.07) is 7.45. The lowest BCUT2D eigenvalue weighted by molar-refractivity contribution is 0.173. The fourth-order valence-electron chi connectivity index (χ4n) is 2.01. The number of aliphatic hydroxyl groups is 1. The van der Waals surface area contributed by atoms with Crippen LogP contribution in [0.5, 0.6) is 5.75 Å². The Morgan fingerprint density at radius 2 is 2.00 bits per heavy atom. The summed E-state index contributed by atoms with van der Waals surface area (Å²) in [5, 5.41) is 14.6. The van der Waals surface area contributed by atoms with Gasteiger partial charge in [-0.05, 0) is 31.0 Å². The number of aryl methyl sites for hydroxylation is 2. The predicted molar refractivity (Wildman–Crippen MR) is 79.0 cm³/mol. The third-order valence-electron chi connectivity index (χ3n) is 3.29. The van der Waals surface area contributed by atoms with E-state index in [-0.39, 0.29) is 0 Å². The summed E-state index contributed by atoms with van der Waals surface area (Å²) in [6.07, 6.45) is 0.280. The van der Waals surface area contributed by atoms with E-state index in [1.165, 1.54) is 0 Å². The van der Waals surface area contributed by atoms with Crippen LogP contribution in [0.25, 0.3) is 0 Å². The van der Waals surface area contributed by atoms with E-state index in [1.54, 1.807) is 4.68 Å². The van der Waals surface area contributed by atoms with Crippen molar-refractivity contribution >= 4 is 11.6 Å². The molecule has 0 spiro atoms. The smallest absolute Gasteiger partial charge is 0.131 e. The molecule has 0 unspecified atom stereocenters. The lowest BCUT2D eigenvalue weighted by Crippen LogP contribution is -2.03. The molecule has 0 fully saturated rings. The van der Waals surface area contributed by atoms with Crippen LogP contribution >= 0.6 is 11.6 Å². The Bertz CT molecular complexity index is 578. The van der Waals surface area contributed by atoms with E-state index in [9.17, 15) is 5.11 Å². The molecule has 2 aromatic rings. The van der Waals surface area contributed by atoms with Crippen molar-refractivity contribution < 1.29 is 9.84 Å². The molecular weight excluding hydrogens is 276 g/mol. The van der Waals surface area contributed by atoms with E-state index in [4.69, 9.17) is 16.3 Å². The van der Waals surface area contributed by atoms with Crippen LogP contribution in [0.2, 0.25) is 5.02 Å². The summed E-state index contributed by atoms with van der Waals surface area (Å²) in [4.78, 5) is 0. The zero-order valence-corrected chi connectivity index (χ0v) is 12.7. The molecule has 1 atom stereocenters. The first-order valence-corrected chi connectivity index (χ1v) is 6.99. The number of hydrogen-bond acceptors (Lipinski definition) is 3. The van der Waals surface area contributed by atoms with Gasteiger partial charge in [0.05, 0.1) is 22.5 Å². The van der Waals surface area contributed by atoms with Crippen molar-refractivity contribution in [1.29, 1.82) is 0 Å². The maximum Gasteiger partial charge on any atom is 0.131 e. The highest BCUT2D eigenvalue weighted by Crippen LogP contribution is 2.23. The molecule has 0 aliphatic rings. The number of hydrogen-bond donors (Lipinski definition) is 1. The zero-order valence-electron chi connectivity index (χ0n) is 11.9. The molecule has 0 saturated carbocycles. The Hall–Kier alpha value is -1.52. The zero-order chi connectivity index (χ0) is 14.7. The van der Waals surface area contributed by atoms with E-state index in [2.05, 4.69) is 5.10 Å². The van der Waals surface area contributed by atoms with Crippen LogP contribution in [0.3, 0.4) is 0 Å². The molecule has 0 aliphatic carbocycles. The molecule has 1 heterocycles. The number of nitrogens with zero attached hydrogens (tertiary/aromatic N) is 2. The predicted octanol–water partition coefficient (Wildman–Crippen LogP) is 3.40. The fourth-order valence-corrected chi connectivity index (χ4v) is 2.23. The normalized spacial score (nSPS) is 12.4. The summed E-state index contributed by atoms with van der Waals surface area (Å²) in [5.41, 5.74) is 2.55. The summed E-state index contributed by atoms with van der Waals surface area (Å²) < 4.78 is 7.44. The van der Waals surface area contributed by atoms with Gasteiger partial charge in [-0.2, -0.15) is 5.10 Å². The number of rotatable bonds is 5. The molecule has 4 nitrogen and oxygen atoms in total. The fraction of sp³-hybridized carbons (Fsp3) is 0.400. The molecule has 0 amide bonds. The summed E-state index contributed by atoms with van der Waals surface area (Å²) in [6.45, 7) is 4.18. The second-order valence-corrected chi connectivity index (χ2v) is 5.13. The molecular formula is C15H19ClN2O2. The van der Waals surface area contributed by atoms with Crippen LogP contribution in [-0.4, -0.2) is 14.9 Å². The third-order valence-corrected chi connectivity index (χ3v) is 3.78. The van der Waals surface area contributed by atoms with Gasteiger partial charge in [-0.1, -0.05) is 30.7 Å². The highest BCUT2D eigenvalue weighted by molar-refractivity contribution is 6.31. The standard InChI is InChI=1S/C15H19ClN2O2/c1-4-14(19)11-5-7-12(8-6-11)20-9-13-15(16)10(2)17-18(13)3/h5-8,14,19H,4,9H2,1-3H3/t14-/m1/s1. The summed E-state index contributed by atoms with van der Waals surface area (Å²) in [7, 11) is 1.85. The Labute approximate surface area is 123 Å². The third kappa shape index (κ3) is 3.14. The van der Waals surface area contributed by atoms with Crippen LogP contribution in [-0.2, 0) is 13.7 Å². The Kier molecular flexibility index (Phi) is 4.68. The van der Waals surface area contributed by atoms with Gasteiger partial charge in [-0.25, -0.2) is 0 Å². The molecule has 0 saturated heterocycles. The van der Waals surface area contributed by atoms with Crippen LogP contribution < -0.4 is 4.74 Å². The first kappa shape index (κ1) is 14.9. The minimum Gasteiger partial charge on any atom is -0.487 e. The van der Waals surface area contributed by atoms with Gasteiger partial charge in [0.1, 0.15) is 12.4 Å². The van der Waals surface area contributed by atoms with Crippen LogP contribution in [0, 0.1) is 6.92 Å². The Morgan fingerprint density at radius 1 is 1.35 bits per heavy atom. The van der Waals surface area contributed by atoms with E-state index < -0.39 is 6.10 Å². The topological polar surface area (TPSA) is 47.3 Å². The first-order valence-electron chi connectivity index (χ1n) is 6.61. The van der Waals surface area contributed by atoms with Crippen molar-refractivity contribution in [3.05, 3.63) is 46.2 Å². The lowest BCUT2D eigenvalue weighted by atomic mass is 10.1. The maximum absolute atomic E-state index is 9.73. The molecule has 5 heteroatoms. The van der Waals surface area contributed by atoms with Gasteiger partial charge in [0, 0.05) is 7.05 Å². The summed E-state index contributed by atoms with van der Waals surface area (Å²) in [5.74, 6) is 0.743. The number of ether oxygens (including phenoxy) is 1. The van der Waals surface area contributed by atoms with Crippen LogP contribution in [0.1, 0.15) is 36.4 Å². The average Bonchev–Trinajstić information content (AvgIpc) is 2.70. The van der Waals surface area contributed by atoms with Crippen molar-refractivity contribution in [1.82, 2.24) is 9.78 Å². The lowest BCUT2D eigenvalue weighted by Gasteiger charge is -2.10. The number of halogens is 1. The minimum absolute atomic E-state index is 0.367. The Morgan fingerprint density at radius 3 is 2.50 bits per heavy atom. The van der Waals surface area contributed by atoms with Crippen molar-refractivity contribution in [2.24, 2.45) is 7.05 Å². The van der Waals surface area contributed by atoms with Gasteiger partial charge in [-0.3, -0.25) is 4.68 Å². The van der Waals surface area contributed by atoms with E-state index in [1.807, 2.05) is 45.2 Å². The molecule has 1 aromatic heterocycles. The number of benzene rings is 1. The largest absolute Gasteiger partial charge is 0.487 e. The molecule has 108 valence electrons. The SMILES string of the molecule is CC[C@@H](O)c1ccc(OCc2c(Cl)c(C)nn2C)cc1. The number of aromatic nitrogens is 2. The van der Waals surface area contributed by atoms with E-state index in [0.717, 1.165) is 22.7 Å². The molecule has 2 rings (SSSR count). The highest BCUT2D eigenvalue weighted by Gasteiger charge is 2.11. The maximum atomic E-state index is 9.73. The molecule has 0 bridgehead atoms. The van der Waals surface area contributed by atoms with E-state index >= 15 is 0 Å². The quantitative estimate of drug-likeness (QED) is 0.919. The Balaban J connectivity index is 2.04. The van der Waals surface area contributed by atoms with Gasteiger partial charge < -0.3 is 9.84 Å². The highest BCUT2D eigenvalue weighted by atomic mass is 35.5. The minimum atomic E-state index is -0.418. The van der Waals surface area contributed by atoms with Gasteiger partial charge >= 0.3 is 0 Å². The molecule has 0 radical (unpaired) electrons. The second kappa shape index (κ2) is 6.29.